The van der Waals surface area contributed by atoms with Crippen molar-refractivity contribution in [1.29, 1.82) is 0 Å². The number of hydrogen-bond donors (Lipinski definition) is 1. The number of hydrogen-bond acceptors (Lipinski definition) is 4. The molecule has 2 fully saturated rings. The van der Waals surface area contributed by atoms with Crippen LogP contribution in [0.25, 0.3) is 0 Å². The number of amides is 1. The SMILES string of the molecule is COc1cc(C(=O)N2C[C@H](C(=O)O)[C@@H](C3CC3)C2)ccc1OCC(C)C. The van der Waals surface area contributed by atoms with E-state index in [-0.39, 0.29) is 18.4 Å². The highest BCUT2D eigenvalue weighted by Crippen LogP contribution is 2.44. The van der Waals surface area contributed by atoms with Crippen molar-refractivity contribution in [2.45, 2.75) is 26.7 Å². The van der Waals surface area contributed by atoms with Crippen LogP contribution in [0.1, 0.15) is 37.0 Å². The van der Waals surface area contributed by atoms with Gasteiger partial charge >= 0.3 is 5.97 Å². The summed E-state index contributed by atoms with van der Waals surface area (Å²) < 4.78 is 11.1. The van der Waals surface area contributed by atoms with Gasteiger partial charge in [0.2, 0.25) is 0 Å². The van der Waals surface area contributed by atoms with Crippen molar-refractivity contribution < 1.29 is 24.2 Å². The Morgan fingerprint density at radius 2 is 1.96 bits per heavy atom. The Kier molecular flexibility index (Phi) is 5.39. The summed E-state index contributed by atoms with van der Waals surface area (Å²) in [6.07, 6.45) is 2.15. The highest BCUT2D eigenvalue weighted by Gasteiger charge is 2.46. The Balaban J connectivity index is 1.74. The molecule has 1 amide bonds. The molecule has 26 heavy (non-hydrogen) atoms. The van der Waals surface area contributed by atoms with Crippen LogP contribution in [-0.4, -0.2) is 48.7 Å². The minimum Gasteiger partial charge on any atom is -0.493 e. The van der Waals surface area contributed by atoms with Gasteiger partial charge in [-0.15, -0.1) is 0 Å². The fraction of sp³-hybridized carbons (Fsp3) is 0.600. The maximum absolute atomic E-state index is 12.9. The quantitative estimate of drug-likeness (QED) is 0.808. The number of carbonyl (C=O) groups is 2. The molecule has 1 aliphatic carbocycles. The van der Waals surface area contributed by atoms with E-state index in [4.69, 9.17) is 9.47 Å². The van der Waals surface area contributed by atoms with E-state index in [0.29, 0.717) is 42.0 Å². The summed E-state index contributed by atoms with van der Waals surface area (Å²) >= 11 is 0. The Hall–Kier alpha value is -2.24. The number of likely N-dealkylation sites (tertiary alicyclic amines) is 1. The molecular formula is C20H27NO5. The summed E-state index contributed by atoms with van der Waals surface area (Å²) in [5.41, 5.74) is 0.499. The molecule has 0 unspecified atom stereocenters. The Bertz CT molecular complexity index is 683. The van der Waals surface area contributed by atoms with Gasteiger partial charge in [0.1, 0.15) is 0 Å². The zero-order chi connectivity index (χ0) is 18.8. The highest BCUT2D eigenvalue weighted by atomic mass is 16.5. The van der Waals surface area contributed by atoms with E-state index in [0.717, 1.165) is 12.8 Å². The Morgan fingerprint density at radius 1 is 1.23 bits per heavy atom. The fourth-order valence-corrected chi connectivity index (χ4v) is 3.62. The van der Waals surface area contributed by atoms with Crippen molar-refractivity contribution in [2.24, 2.45) is 23.7 Å². The molecule has 1 N–H and O–H groups in total. The van der Waals surface area contributed by atoms with Gasteiger partial charge in [0.15, 0.2) is 11.5 Å². The molecule has 142 valence electrons. The van der Waals surface area contributed by atoms with Crippen molar-refractivity contribution in [3.63, 3.8) is 0 Å². The maximum Gasteiger partial charge on any atom is 0.308 e. The minimum atomic E-state index is -0.799. The van der Waals surface area contributed by atoms with Gasteiger partial charge in [0.25, 0.3) is 5.91 Å². The lowest BCUT2D eigenvalue weighted by Gasteiger charge is -2.18. The van der Waals surface area contributed by atoms with Crippen molar-refractivity contribution in [1.82, 2.24) is 4.90 Å². The summed E-state index contributed by atoms with van der Waals surface area (Å²) in [6.45, 7) is 5.50. The molecule has 0 aromatic heterocycles. The molecule has 2 aliphatic rings. The third kappa shape index (κ3) is 3.94. The van der Waals surface area contributed by atoms with Crippen LogP contribution in [0.5, 0.6) is 11.5 Å². The van der Waals surface area contributed by atoms with Gasteiger partial charge in [0, 0.05) is 18.7 Å². The van der Waals surface area contributed by atoms with Gasteiger partial charge < -0.3 is 19.5 Å². The molecule has 1 saturated carbocycles. The molecule has 1 aliphatic heterocycles. The van der Waals surface area contributed by atoms with E-state index in [2.05, 4.69) is 13.8 Å². The first kappa shape index (κ1) is 18.5. The van der Waals surface area contributed by atoms with Crippen molar-refractivity contribution in [2.75, 3.05) is 26.8 Å². The molecule has 6 nitrogen and oxygen atoms in total. The third-order valence-corrected chi connectivity index (χ3v) is 5.18. The van der Waals surface area contributed by atoms with E-state index in [1.807, 2.05) is 0 Å². The standard InChI is InChI=1S/C20H27NO5/c1-12(2)11-26-17-7-6-14(8-18(17)25-3)19(22)21-9-15(13-4-5-13)16(10-21)20(23)24/h6-8,12-13,15-16H,4-5,9-11H2,1-3H3,(H,23,24)/t15-,16+/m1/s1. The number of ether oxygens (including phenoxy) is 2. The van der Waals surface area contributed by atoms with Crippen LogP contribution in [0.4, 0.5) is 0 Å². The van der Waals surface area contributed by atoms with E-state index in [1.165, 1.54) is 0 Å². The van der Waals surface area contributed by atoms with Crippen LogP contribution < -0.4 is 9.47 Å². The number of aliphatic carboxylic acids is 1. The largest absolute Gasteiger partial charge is 0.493 e. The number of methoxy groups -OCH3 is 1. The first-order valence-electron chi connectivity index (χ1n) is 9.23. The van der Waals surface area contributed by atoms with Crippen LogP contribution in [0, 0.1) is 23.7 Å². The number of rotatable bonds is 7. The van der Waals surface area contributed by atoms with Gasteiger partial charge in [0.05, 0.1) is 19.6 Å². The monoisotopic (exact) mass is 361 g/mol. The summed E-state index contributed by atoms with van der Waals surface area (Å²) in [5.74, 6) is 0.644. The number of carbonyl (C=O) groups excluding carboxylic acids is 1. The average molecular weight is 361 g/mol. The number of nitrogens with zero attached hydrogens (tertiary/aromatic N) is 1. The van der Waals surface area contributed by atoms with Gasteiger partial charge in [-0.1, -0.05) is 13.8 Å². The smallest absolute Gasteiger partial charge is 0.308 e. The Labute approximate surface area is 154 Å². The summed E-state index contributed by atoms with van der Waals surface area (Å²) in [4.78, 5) is 26.1. The topological polar surface area (TPSA) is 76.1 Å². The maximum atomic E-state index is 12.9. The summed E-state index contributed by atoms with van der Waals surface area (Å²) in [6, 6.07) is 5.15. The predicted molar refractivity (Wildman–Crippen MR) is 96.6 cm³/mol. The van der Waals surface area contributed by atoms with Crippen molar-refractivity contribution in [3.05, 3.63) is 23.8 Å². The average Bonchev–Trinajstić information content (AvgIpc) is 3.37. The summed E-state index contributed by atoms with van der Waals surface area (Å²) in [5, 5.41) is 9.48. The Morgan fingerprint density at radius 3 is 2.54 bits per heavy atom. The molecule has 0 radical (unpaired) electrons. The van der Waals surface area contributed by atoms with Gasteiger partial charge in [-0.3, -0.25) is 9.59 Å². The van der Waals surface area contributed by atoms with E-state index >= 15 is 0 Å². The molecule has 0 spiro atoms. The zero-order valence-electron chi connectivity index (χ0n) is 15.6. The zero-order valence-corrected chi connectivity index (χ0v) is 15.6. The number of carboxylic acid groups (broad SMARTS) is 1. The van der Waals surface area contributed by atoms with E-state index in [1.54, 1.807) is 30.2 Å². The van der Waals surface area contributed by atoms with Crippen LogP contribution >= 0.6 is 0 Å². The number of carboxylic acids is 1. The minimum absolute atomic E-state index is 0.0759. The molecule has 1 aromatic carbocycles. The molecule has 3 rings (SSSR count). The van der Waals surface area contributed by atoms with Gasteiger partial charge in [-0.25, -0.2) is 0 Å². The van der Waals surface area contributed by atoms with Crippen molar-refractivity contribution >= 4 is 11.9 Å². The molecule has 1 aromatic rings. The first-order valence-corrected chi connectivity index (χ1v) is 9.23. The third-order valence-electron chi connectivity index (χ3n) is 5.18. The second-order valence-corrected chi connectivity index (χ2v) is 7.73. The van der Waals surface area contributed by atoms with Crippen LogP contribution in [0.3, 0.4) is 0 Å². The lowest BCUT2D eigenvalue weighted by molar-refractivity contribution is -0.142. The van der Waals surface area contributed by atoms with Crippen LogP contribution in [-0.2, 0) is 4.79 Å². The van der Waals surface area contributed by atoms with E-state index < -0.39 is 11.9 Å². The number of benzene rings is 1. The highest BCUT2D eigenvalue weighted by molar-refractivity contribution is 5.95. The molecule has 1 saturated heterocycles. The van der Waals surface area contributed by atoms with Gasteiger partial charge in [-0.05, 0) is 48.8 Å². The van der Waals surface area contributed by atoms with Crippen molar-refractivity contribution in [3.8, 4) is 11.5 Å². The fourth-order valence-electron chi connectivity index (χ4n) is 3.62. The van der Waals surface area contributed by atoms with E-state index in [9.17, 15) is 14.7 Å². The molecular weight excluding hydrogens is 334 g/mol. The second kappa shape index (κ2) is 7.56. The molecule has 0 bridgehead atoms. The van der Waals surface area contributed by atoms with Crippen LogP contribution in [0.15, 0.2) is 18.2 Å². The molecule has 6 heteroatoms. The predicted octanol–water partition coefficient (Wildman–Crippen LogP) is 2.91. The molecule has 1 heterocycles. The van der Waals surface area contributed by atoms with Gasteiger partial charge in [-0.2, -0.15) is 0 Å². The second-order valence-electron chi connectivity index (χ2n) is 7.73. The summed E-state index contributed by atoms with van der Waals surface area (Å²) in [7, 11) is 1.55. The van der Waals surface area contributed by atoms with Crippen LogP contribution in [0.2, 0.25) is 0 Å². The normalized spacial score (nSPS) is 22.5. The lowest BCUT2D eigenvalue weighted by atomic mass is 9.92. The molecule has 2 atom stereocenters. The first-order chi connectivity index (χ1) is 12.4. The lowest BCUT2D eigenvalue weighted by Crippen LogP contribution is -2.30.